The number of nitrogens with one attached hydrogen (secondary N) is 1. The van der Waals surface area contributed by atoms with Gasteiger partial charge in [0.25, 0.3) is 0 Å². The molecule has 0 amide bonds. The van der Waals surface area contributed by atoms with Gasteiger partial charge in [0.05, 0.1) is 30.1 Å². The number of hydrogen-bond acceptors (Lipinski definition) is 4. The number of rotatable bonds is 4. The predicted molar refractivity (Wildman–Crippen MR) is 114 cm³/mol. The Bertz CT molecular complexity index is 1110. The Morgan fingerprint density at radius 3 is 2.25 bits per heavy atom. The van der Waals surface area contributed by atoms with Crippen molar-refractivity contribution >= 4 is 26.6 Å². The third-order valence-corrected chi connectivity index (χ3v) is 4.59. The summed E-state index contributed by atoms with van der Waals surface area (Å²) >= 11 is 0. The van der Waals surface area contributed by atoms with Crippen molar-refractivity contribution in [3.8, 4) is 23.1 Å². The molecule has 2 aromatic carbocycles. The average molecular weight is 400 g/mol. The Balaban J connectivity index is 0.000000878. The predicted octanol–water partition coefficient (Wildman–Crippen LogP) is 4.51. The molecule has 7 heteroatoms. The number of aromatic nitrogens is 1. The van der Waals surface area contributed by atoms with Crippen molar-refractivity contribution in [2.75, 3.05) is 18.1 Å². The van der Waals surface area contributed by atoms with Crippen LogP contribution in [0.5, 0.6) is 5.75 Å². The van der Waals surface area contributed by atoms with Crippen LogP contribution < -0.4 is 9.46 Å². The van der Waals surface area contributed by atoms with Crippen molar-refractivity contribution in [1.82, 2.24) is 4.57 Å². The van der Waals surface area contributed by atoms with Crippen molar-refractivity contribution in [3.63, 3.8) is 0 Å². The molecule has 1 aromatic heterocycles. The minimum Gasteiger partial charge on any atom is -0.497 e. The monoisotopic (exact) mass is 399 g/mol. The third kappa shape index (κ3) is 4.65. The molecule has 3 rings (SSSR count). The minimum absolute atomic E-state index is 0.477. The maximum atomic E-state index is 11.3. The molecule has 0 aliphatic heterocycles. The zero-order valence-electron chi connectivity index (χ0n) is 16.8. The van der Waals surface area contributed by atoms with Crippen molar-refractivity contribution in [2.24, 2.45) is 7.05 Å². The van der Waals surface area contributed by atoms with E-state index in [0.717, 1.165) is 34.2 Å². The lowest BCUT2D eigenvalue weighted by Crippen LogP contribution is -2.09. The fraction of sp³-hybridized carbons (Fsp3) is 0.286. The van der Waals surface area contributed by atoms with Crippen LogP contribution in [-0.4, -0.2) is 26.4 Å². The summed E-state index contributed by atoms with van der Waals surface area (Å²) in [5, 5.41) is 10.5. The summed E-state index contributed by atoms with van der Waals surface area (Å²) in [6.45, 7) is 4.25. The number of ether oxygens (including phenoxy) is 1. The molecule has 0 bridgehead atoms. The highest BCUT2D eigenvalue weighted by Gasteiger charge is 2.17. The van der Waals surface area contributed by atoms with Gasteiger partial charge in [0, 0.05) is 24.2 Å². The second-order valence-electron chi connectivity index (χ2n) is 6.44. The van der Waals surface area contributed by atoms with Crippen LogP contribution in [0.3, 0.4) is 0 Å². The summed E-state index contributed by atoms with van der Waals surface area (Å²) in [4.78, 5) is 0. The number of nitrogens with zero attached hydrogens (tertiary/aromatic N) is 2. The molecule has 0 aliphatic rings. The lowest BCUT2D eigenvalue weighted by Gasteiger charge is -2.08. The van der Waals surface area contributed by atoms with E-state index in [-0.39, 0.29) is 0 Å². The standard InChI is InChI=1S/C18H17N3O3S.C3H8/c1-21-17-10-14(24-2)8-9-15(17)16(11-19)18(21)12-4-6-13(7-5-12)20-25(3,22)23;1-3-2/h4-10,20H,1-3H3;3H2,1-2H3. The fourth-order valence-electron chi connectivity index (χ4n) is 2.90. The lowest BCUT2D eigenvalue weighted by molar-refractivity contribution is 0.415. The van der Waals surface area contributed by atoms with Gasteiger partial charge in [0.15, 0.2) is 0 Å². The van der Waals surface area contributed by atoms with Gasteiger partial charge >= 0.3 is 0 Å². The molecule has 1 heterocycles. The molecule has 0 spiro atoms. The van der Waals surface area contributed by atoms with Gasteiger partial charge in [-0.2, -0.15) is 5.26 Å². The Hall–Kier alpha value is -2.98. The zero-order chi connectivity index (χ0) is 20.9. The fourth-order valence-corrected chi connectivity index (χ4v) is 3.47. The second kappa shape index (κ2) is 8.81. The van der Waals surface area contributed by atoms with Gasteiger partial charge in [0.1, 0.15) is 11.8 Å². The first kappa shape index (κ1) is 21.3. The molecule has 6 nitrogen and oxygen atoms in total. The average Bonchev–Trinajstić information content (AvgIpc) is 2.93. The van der Waals surface area contributed by atoms with E-state index in [1.54, 1.807) is 31.4 Å². The van der Waals surface area contributed by atoms with Crippen LogP contribution in [0.4, 0.5) is 5.69 Å². The van der Waals surface area contributed by atoms with Gasteiger partial charge in [-0.05, 0) is 29.8 Å². The number of methoxy groups -OCH3 is 1. The van der Waals surface area contributed by atoms with E-state index in [1.165, 1.54) is 6.42 Å². The first-order valence-electron chi connectivity index (χ1n) is 8.90. The molecule has 0 fully saturated rings. The number of sulfonamides is 1. The molecule has 0 saturated carbocycles. The highest BCUT2D eigenvalue weighted by Crippen LogP contribution is 2.34. The van der Waals surface area contributed by atoms with Crippen molar-refractivity contribution in [3.05, 3.63) is 48.0 Å². The summed E-state index contributed by atoms with van der Waals surface area (Å²) in [5.41, 5.74) is 3.54. The first-order valence-corrected chi connectivity index (χ1v) is 10.8. The molecule has 0 radical (unpaired) electrons. The van der Waals surface area contributed by atoms with Crippen molar-refractivity contribution in [2.45, 2.75) is 20.3 Å². The van der Waals surface area contributed by atoms with Crippen LogP contribution in [0.2, 0.25) is 0 Å². The Morgan fingerprint density at radius 1 is 1.14 bits per heavy atom. The van der Waals surface area contributed by atoms with Crippen LogP contribution in [0.1, 0.15) is 25.8 Å². The normalized spacial score (nSPS) is 10.7. The number of fused-ring (bicyclic) bond motifs is 1. The van der Waals surface area contributed by atoms with E-state index >= 15 is 0 Å². The number of benzene rings is 2. The number of hydrogen-bond donors (Lipinski definition) is 1. The van der Waals surface area contributed by atoms with Gasteiger partial charge < -0.3 is 9.30 Å². The van der Waals surface area contributed by atoms with Crippen LogP contribution in [-0.2, 0) is 17.1 Å². The minimum atomic E-state index is -3.33. The summed E-state index contributed by atoms with van der Waals surface area (Å²) in [6, 6.07) is 14.8. The highest BCUT2D eigenvalue weighted by molar-refractivity contribution is 7.92. The molecular formula is C21H25N3O3S. The van der Waals surface area contributed by atoms with E-state index in [0.29, 0.717) is 11.3 Å². The Kier molecular flexibility index (Phi) is 6.71. The van der Waals surface area contributed by atoms with Gasteiger partial charge in [-0.25, -0.2) is 8.42 Å². The molecule has 0 atom stereocenters. The van der Waals surface area contributed by atoms with E-state index in [4.69, 9.17) is 4.74 Å². The summed E-state index contributed by atoms with van der Waals surface area (Å²) < 4.78 is 32.3. The molecule has 0 unspecified atom stereocenters. The lowest BCUT2D eigenvalue weighted by atomic mass is 10.1. The molecule has 0 aliphatic carbocycles. The van der Waals surface area contributed by atoms with Crippen molar-refractivity contribution < 1.29 is 13.2 Å². The number of nitriles is 1. The van der Waals surface area contributed by atoms with E-state index in [2.05, 4.69) is 24.6 Å². The number of anilines is 1. The summed E-state index contributed by atoms with van der Waals surface area (Å²) in [5.74, 6) is 0.719. The smallest absolute Gasteiger partial charge is 0.229 e. The van der Waals surface area contributed by atoms with Crippen LogP contribution in [0.15, 0.2) is 42.5 Å². The van der Waals surface area contributed by atoms with Gasteiger partial charge in [-0.15, -0.1) is 0 Å². The SMILES string of the molecule is CCC.COc1ccc2c(C#N)c(-c3ccc(NS(C)(=O)=O)cc3)n(C)c2c1. The molecule has 1 N–H and O–H groups in total. The Labute approximate surface area is 166 Å². The van der Waals surface area contributed by atoms with Crippen LogP contribution in [0.25, 0.3) is 22.2 Å². The van der Waals surface area contributed by atoms with E-state index in [1.807, 2.05) is 29.8 Å². The van der Waals surface area contributed by atoms with Gasteiger partial charge in [-0.1, -0.05) is 32.4 Å². The summed E-state index contributed by atoms with van der Waals surface area (Å²) in [6.07, 6.45) is 2.35. The van der Waals surface area contributed by atoms with Crippen molar-refractivity contribution in [1.29, 1.82) is 5.26 Å². The quantitative estimate of drug-likeness (QED) is 0.699. The van der Waals surface area contributed by atoms with E-state index < -0.39 is 10.0 Å². The molecule has 28 heavy (non-hydrogen) atoms. The topological polar surface area (TPSA) is 84.1 Å². The van der Waals surface area contributed by atoms with Crippen LogP contribution >= 0.6 is 0 Å². The van der Waals surface area contributed by atoms with E-state index in [9.17, 15) is 13.7 Å². The Morgan fingerprint density at radius 2 is 1.75 bits per heavy atom. The molecule has 148 valence electrons. The first-order chi connectivity index (χ1) is 13.3. The second-order valence-corrected chi connectivity index (χ2v) is 8.18. The van der Waals surface area contributed by atoms with Crippen LogP contribution in [0, 0.1) is 11.3 Å². The van der Waals surface area contributed by atoms with Gasteiger partial charge in [-0.3, -0.25) is 4.72 Å². The summed E-state index contributed by atoms with van der Waals surface area (Å²) in [7, 11) is 0.165. The zero-order valence-corrected chi connectivity index (χ0v) is 17.6. The number of aryl methyl sites for hydroxylation is 1. The largest absolute Gasteiger partial charge is 0.497 e. The molecular weight excluding hydrogens is 374 g/mol. The third-order valence-electron chi connectivity index (χ3n) is 3.98. The maximum Gasteiger partial charge on any atom is 0.229 e. The molecule has 3 aromatic rings. The maximum absolute atomic E-state index is 11.3. The van der Waals surface area contributed by atoms with Gasteiger partial charge in [0.2, 0.25) is 10.0 Å². The highest BCUT2D eigenvalue weighted by atomic mass is 32.2. The molecule has 0 saturated heterocycles.